The first-order valence-corrected chi connectivity index (χ1v) is 11.0. The van der Waals surface area contributed by atoms with Crippen molar-refractivity contribution in [2.45, 2.75) is 6.54 Å². The number of aromatic nitrogens is 2. The Labute approximate surface area is 179 Å². The predicted octanol–water partition coefficient (Wildman–Crippen LogP) is 1.84. The van der Waals surface area contributed by atoms with E-state index in [1.807, 2.05) is 18.2 Å². The molecule has 1 aromatic heterocycles. The van der Waals surface area contributed by atoms with Crippen LogP contribution in [0.2, 0.25) is 0 Å². The fraction of sp³-hybridized carbons (Fsp3) is 0.250. The Morgan fingerprint density at radius 2 is 1.90 bits per heavy atom. The fourth-order valence-corrected chi connectivity index (χ4v) is 3.03. The van der Waals surface area contributed by atoms with Gasteiger partial charge in [0.15, 0.2) is 6.61 Å². The van der Waals surface area contributed by atoms with Crippen molar-refractivity contribution in [3.8, 4) is 22.9 Å². The minimum atomic E-state index is -3.35. The number of hydrogen-bond donors (Lipinski definition) is 1. The smallest absolute Gasteiger partial charge is 0.258 e. The van der Waals surface area contributed by atoms with Gasteiger partial charge in [-0.3, -0.25) is 9.10 Å². The molecule has 0 fully saturated rings. The van der Waals surface area contributed by atoms with E-state index in [-0.39, 0.29) is 24.9 Å². The molecule has 11 heteroatoms. The molecule has 0 bridgehead atoms. The number of carbonyl (C=O) groups is 1. The molecular weight excluding hydrogens is 424 g/mol. The molecule has 1 amide bonds. The zero-order chi connectivity index (χ0) is 22.4. The van der Waals surface area contributed by atoms with Crippen LogP contribution in [-0.4, -0.2) is 51.5 Å². The van der Waals surface area contributed by atoms with Gasteiger partial charge < -0.3 is 19.3 Å². The zero-order valence-electron chi connectivity index (χ0n) is 17.2. The third-order valence-corrected chi connectivity index (χ3v) is 5.51. The highest BCUT2D eigenvalue weighted by atomic mass is 32.2. The van der Waals surface area contributed by atoms with Gasteiger partial charge in [0.1, 0.15) is 11.5 Å². The lowest BCUT2D eigenvalue weighted by atomic mass is 10.2. The number of rotatable bonds is 9. The van der Waals surface area contributed by atoms with E-state index >= 15 is 0 Å². The van der Waals surface area contributed by atoms with Crippen LogP contribution in [0.15, 0.2) is 53.1 Å². The largest absolute Gasteiger partial charge is 0.497 e. The Bertz CT molecular complexity index is 1140. The van der Waals surface area contributed by atoms with Crippen LogP contribution in [0, 0.1) is 0 Å². The summed E-state index contributed by atoms with van der Waals surface area (Å²) in [5.74, 6) is 1.36. The summed E-state index contributed by atoms with van der Waals surface area (Å²) in [6, 6.07) is 13.6. The van der Waals surface area contributed by atoms with Gasteiger partial charge in [-0.1, -0.05) is 17.3 Å². The minimum Gasteiger partial charge on any atom is -0.497 e. The molecule has 3 rings (SSSR count). The van der Waals surface area contributed by atoms with E-state index in [2.05, 4.69) is 15.5 Å². The summed E-state index contributed by atoms with van der Waals surface area (Å²) in [6.07, 6.45) is 1.12. The van der Waals surface area contributed by atoms with Crippen molar-refractivity contribution >= 4 is 21.6 Å². The average molecular weight is 446 g/mol. The number of nitrogens with one attached hydrogen (secondary N) is 1. The summed E-state index contributed by atoms with van der Waals surface area (Å²) >= 11 is 0. The maximum atomic E-state index is 12.0. The van der Waals surface area contributed by atoms with E-state index in [1.54, 1.807) is 37.4 Å². The number of anilines is 1. The molecule has 0 aliphatic heterocycles. The quantitative estimate of drug-likeness (QED) is 0.528. The topological polar surface area (TPSA) is 124 Å². The van der Waals surface area contributed by atoms with E-state index in [4.69, 9.17) is 14.0 Å². The van der Waals surface area contributed by atoms with Gasteiger partial charge in [-0.25, -0.2) is 8.42 Å². The highest BCUT2D eigenvalue weighted by Crippen LogP contribution is 2.21. The van der Waals surface area contributed by atoms with E-state index in [9.17, 15) is 13.2 Å². The lowest BCUT2D eigenvalue weighted by Crippen LogP contribution is -2.28. The Balaban J connectivity index is 1.49. The molecular formula is C20H22N4O6S. The number of nitrogens with zero attached hydrogens (tertiary/aromatic N) is 3. The Hall–Kier alpha value is -3.60. The first-order chi connectivity index (χ1) is 14.8. The van der Waals surface area contributed by atoms with Crippen molar-refractivity contribution in [1.82, 2.24) is 15.5 Å². The van der Waals surface area contributed by atoms with Crippen molar-refractivity contribution in [2.75, 3.05) is 31.3 Å². The summed E-state index contributed by atoms with van der Waals surface area (Å²) in [5, 5.41) is 6.54. The summed E-state index contributed by atoms with van der Waals surface area (Å²) < 4.78 is 40.0. The van der Waals surface area contributed by atoms with E-state index in [0.717, 1.165) is 16.1 Å². The van der Waals surface area contributed by atoms with Crippen LogP contribution in [0.5, 0.6) is 11.5 Å². The summed E-state index contributed by atoms with van der Waals surface area (Å²) in [4.78, 5) is 16.3. The first kappa shape index (κ1) is 22.1. The maximum absolute atomic E-state index is 12.0. The number of carbonyl (C=O) groups excluding carboxylic acids is 1. The number of benzene rings is 2. The second kappa shape index (κ2) is 9.47. The van der Waals surface area contributed by atoms with Crippen LogP contribution < -0.4 is 19.1 Å². The monoisotopic (exact) mass is 446 g/mol. The maximum Gasteiger partial charge on any atom is 0.258 e. The number of hydrogen-bond acceptors (Lipinski definition) is 8. The normalized spacial score (nSPS) is 11.1. The molecule has 1 N–H and O–H groups in total. The van der Waals surface area contributed by atoms with Crippen molar-refractivity contribution < 1.29 is 27.2 Å². The van der Waals surface area contributed by atoms with Crippen LogP contribution in [-0.2, 0) is 21.4 Å². The molecule has 3 aromatic rings. The number of sulfonamides is 1. The molecule has 0 aliphatic rings. The van der Waals surface area contributed by atoms with E-state index < -0.39 is 10.0 Å². The number of ether oxygens (including phenoxy) is 2. The predicted molar refractivity (Wildman–Crippen MR) is 113 cm³/mol. The summed E-state index contributed by atoms with van der Waals surface area (Å²) in [6.45, 7) is -0.171. The molecule has 0 aliphatic carbocycles. The molecule has 164 valence electrons. The highest BCUT2D eigenvalue weighted by Gasteiger charge is 2.13. The fourth-order valence-electron chi connectivity index (χ4n) is 2.52. The van der Waals surface area contributed by atoms with Gasteiger partial charge in [0.05, 0.1) is 25.6 Å². The summed E-state index contributed by atoms with van der Waals surface area (Å²) in [5.41, 5.74) is 1.22. The van der Waals surface area contributed by atoms with Gasteiger partial charge in [0, 0.05) is 12.6 Å². The first-order valence-electron chi connectivity index (χ1n) is 9.17. The minimum absolute atomic E-state index is 0.0528. The second-order valence-electron chi connectivity index (χ2n) is 6.53. The van der Waals surface area contributed by atoms with E-state index in [1.165, 1.54) is 7.05 Å². The van der Waals surface area contributed by atoms with Crippen LogP contribution >= 0.6 is 0 Å². The summed E-state index contributed by atoms with van der Waals surface area (Å²) in [7, 11) is -0.321. The molecule has 2 aromatic carbocycles. The van der Waals surface area contributed by atoms with E-state index in [0.29, 0.717) is 23.0 Å². The van der Waals surface area contributed by atoms with Crippen LogP contribution in [0.4, 0.5) is 5.69 Å². The van der Waals surface area contributed by atoms with Gasteiger partial charge in [0.2, 0.25) is 21.7 Å². The molecule has 0 unspecified atom stereocenters. The number of methoxy groups -OCH3 is 1. The zero-order valence-corrected chi connectivity index (χ0v) is 18.0. The van der Waals surface area contributed by atoms with Crippen molar-refractivity contribution in [1.29, 1.82) is 0 Å². The Morgan fingerprint density at radius 3 is 2.58 bits per heavy atom. The molecule has 0 saturated heterocycles. The van der Waals surface area contributed by atoms with Gasteiger partial charge >= 0.3 is 0 Å². The molecule has 0 spiro atoms. The second-order valence-corrected chi connectivity index (χ2v) is 8.55. The lowest BCUT2D eigenvalue weighted by molar-refractivity contribution is -0.123. The lowest BCUT2D eigenvalue weighted by Gasteiger charge is -2.16. The van der Waals surface area contributed by atoms with Crippen molar-refractivity contribution in [3.63, 3.8) is 0 Å². The molecule has 31 heavy (non-hydrogen) atoms. The van der Waals surface area contributed by atoms with Gasteiger partial charge in [-0.15, -0.1) is 0 Å². The van der Waals surface area contributed by atoms with Gasteiger partial charge in [-0.05, 0) is 36.4 Å². The van der Waals surface area contributed by atoms with Crippen molar-refractivity contribution in [3.05, 3.63) is 54.4 Å². The van der Waals surface area contributed by atoms with Gasteiger partial charge in [-0.2, -0.15) is 4.98 Å². The van der Waals surface area contributed by atoms with Crippen LogP contribution in [0.1, 0.15) is 5.89 Å². The standard InChI is InChI=1S/C20H22N4O6S/c1-24(31(3,26)27)15-7-9-16(10-8-15)29-13-18(25)21-12-19-22-20(23-30-19)14-5-4-6-17(11-14)28-2/h4-11H,12-13H2,1-3H3,(H,21,25). The third-order valence-electron chi connectivity index (χ3n) is 4.30. The number of amides is 1. The highest BCUT2D eigenvalue weighted by molar-refractivity contribution is 7.92. The van der Waals surface area contributed by atoms with Crippen LogP contribution in [0.25, 0.3) is 11.4 Å². The van der Waals surface area contributed by atoms with Crippen LogP contribution in [0.3, 0.4) is 0 Å². The molecule has 0 saturated carbocycles. The average Bonchev–Trinajstić information content (AvgIpc) is 3.24. The van der Waals surface area contributed by atoms with Gasteiger partial charge in [0.25, 0.3) is 5.91 Å². The molecule has 1 heterocycles. The Kier molecular flexibility index (Phi) is 6.75. The molecule has 0 radical (unpaired) electrons. The third kappa shape index (κ3) is 5.95. The Morgan fingerprint density at radius 1 is 1.16 bits per heavy atom. The molecule has 0 atom stereocenters. The molecule has 10 nitrogen and oxygen atoms in total. The van der Waals surface area contributed by atoms with Crippen molar-refractivity contribution in [2.24, 2.45) is 0 Å². The SMILES string of the molecule is COc1cccc(-c2noc(CNC(=O)COc3ccc(N(C)S(C)(=O)=O)cc3)n2)c1.